The van der Waals surface area contributed by atoms with Gasteiger partial charge in [0.15, 0.2) is 0 Å². The van der Waals surface area contributed by atoms with Crippen molar-refractivity contribution in [2.75, 3.05) is 6.61 Å². The molecule has 0 radical (unpaired) electrons. The maximum atomic E-state index is 10.7. The van der Waals surface area contributed by atoms with Crippen molar-refractivity contribution >= 4 is 21.9 Å². The molecule has 0 amide bonds. The van der Waals surface area contributed by atoms with E-state index in [1.807, 2.05) is 12.1 Å². The summed E-state index contributed by atoms with van der Waals surface area (Å²) in [5.41, 5.74) is 1.24. The van der Waals surface area contributed by atoms with Gasteiger partial charge in [-0.2, -0.15) is 0 Å². The summed E-state index contributed by atoms with van der Waals surface area (Å²) in [6.07, 6.45) is 2.93. The number of halogens is 1. The van der Waals surface area contributed by atoms with Gasteiger partial charge < -0.3 is 4.74 Å². The number of hydrogen-bond acceptors (Lipinski definition) is 2. The van der Waals surface area contributed by atoms with Gasteiger partial charge in [-0.05, 0) is 30.5 Å². The van der Waals surface area contributed by atoms with E-state index in [-0.39, 0.29) is 5.97 Å². The average Bonchev–Trinajstić information content (AvgIpc) is 2.26. The van der Waals surface area contributed by atoms with Gasteiger partial charge in [-0.25, -0.2) is 4.79 Å². The standard InChI is InChI=1S/C12H13BrO2/c1-2-12(14)15-9-3-4-10-5-7-11(13)8-6-10/h2,5-8H,1,3-4,9H2. The molecule has 1 rings (SSSR count). The Bertz CT molecular complexity index is 330. The van der Waals surface area contributed by atoms with E-state index in [4.69, 9.17) is 4.74 Å². The summed E-state index contributed by atoms with van der Waals surface area (Å²) in [6.45, 7) is 3.77. The van der Waals surface area contributed by atoms with E-state index in [0.717, 1.165) is 17.3 Å². The molecule has 80 valence electrons. The van der Waals surface area contributed by atoms with Crippen molar-refractivity contribution in [2.45, 2.75) is 12.8 Å². The van der Waals surface area contributed by atoms with Crippen LogP contribution in [0.1, 0.15) is 12.0 Å². The topological polar surface area (TPSA) is 26.3 Å². The van der Waals surface area contributed by atoms with E-state index in [9.17, 15) is 4.79 Å². The summed E-state index contributed by atoms with van der Waals surface area (Å²) in [4.78, 5) is 10.7. The molecule has 0 spiro atoms. The molecule has 2 nitrogen and oxygen atoms in total. The molecule has 0 unspecified atom stereocenters. The molecule has 0 fully saturated rings. The summed E-state index contributed by atoms with van der Waals surface area (Å²) in [5, 5.41) is 0. The zero-order chi connectivity index (χ0) is 11.1. The number of ether oxygens (including phenoxy) is 1. The molecule has 1 aromatic carbocycles. The van der Waals surface area contributed by atoms with Gasteiger partial charge in [-0.1, -0.05) is 34.6 Å². The summed E-state index contributed by atoms with van der Waals surface area (Å²) in [7, 11) is 0. The second-order valence-electron chi connectivity index (χ2n) is 3.10. The fraction of sp³-hybridized carbons (Fsp3) is 0.250. The second-order valence-corrected chi connectivity index (χ2v) is 4.02. The van der Waals surface area contributed by atoms with Crippen LogP contribution in [0.3, 0.4) is 0 Å². The lowest BCUT2D eigenvalue weighted by Gasteiger charge is -2.02. The van der Waals surface area contributed by atoms with Crippen molar-refractivity contribution in [2.24, 2.45) is 0 Å². The lowest BCUT2D eigenvalue weighted by Crippen LogP contribution is -2.02. The molecule has 15 heavy (non-hydrogen) atoms. The van der Waals surface area contributed by atoms with E-state index in [2.05, 4.69) is 34.6 Å². The minimum atomic E-state index is -0.356. The van der Waals surface area contributed by atoms with Crippen molar-refractivity contribution in [3.8, 4) is 0 Å². The quantitative estimate of drug-likeness (QED) is 0.466. The molecule has 0 heterocycles. The molecule has 0 aliphatic rings. The van der Waals surface area contributed by atoms with Gasteiger partial charge in [0, 0.05) is 10.5 Å². The summed E-state index contributed by atoms with van der Waals surface area (Å²) in [6, 6.07) is 8.12. The molecule has 0 saturated carbocycles. The number of rotatable bonds is 5. The minimum Gasteiger partial charge on any atom is -0.463 e. The SMILES string of the molecule is C=CC(=O)OCCCc1ccc(Br)cc1. The Hall–Kier alpha value is -1.09. The van der Waals surface area contributed by atoms with Gasteiger partial charge >= 0.3 is 5.97 Å². The van der Waals surface area contributed by atoms with Crippen molar-refractivity contribution in [1.29, 1.82) is 0 Å². The second kappa shape index (κ2) is 6.40. The molecular formula is C12H13BrO2. The lowest BCUT2D eigenvalue weighted by atomic mass is 10.1. The highest BCUT2D eigenvalue weighted by Gasteiger charge is 1.96. The summed E-state index contributed by atoms with van der Waals surface area (Å²) in [5.74, 6) is -0.356. The fourth-order valence-electron chi connectivity index (χ4n) is 1.16. The van der Waals surface area contributed by atoms with Gasteiger partial charge in [0.25, 0.3) is 0 Å². The number of aryl methyl sites for hydroxylation is 1. The maximum Gasteiger partial charge on any atom is 0.330 e. The molecule has 1 aromatic rings. The zero-order valence-electron chi connectivity index (χ0n) is 8.41. The predicted octanol–water partition coefficient (Wildman–Crippen LogP) is 3.11. The van der Waals surface area contributed by atoms with Crippen LogP contribution in [0, 0.1) is 0 Å². The van der Waals surface area contributed by atoms with Crippen LogP contribution in [0.25, 0.3) is 0 Å². The Kier molecular flexibility index (Phi) is 5.12. The average molecular weight is 269 g/mol. The largest absolute Gasteiger partial charge is 0.463 e. The van der Waals surface area contributed by atoms with Crippen LogP contribution in [0.15, 0.2) is 41.4 Å². The predicted molar refractivity (Wildman–Crippen MR) is 63.6 cm³/mol. The Labute approximate surface area is 98.1 Å². The van der Waals surface area contributed by atoms with Crippen LogP contribution in [-0.2, 0) is 16.0 Å². The van der Waals surface area contributed by atoms with Gasteiger partial charge in [-0.3, -0.25) is 0 Å². The number of carbonyl (C=O) groups is 1. The highest BCUT2D eigenvalue weighted by Crippen LogP contribution is 2.11. The summed E-state index contributed by atoms with van der Waals surface area (Å²) >= 11 is 3.38. The van der Waals surface area contributed by atoms with Gasteiger partial charge in [0.05, 0.1) is 6.61 Å². The van der Waals surface area contributed by atoms with E-state index >= 15 is 0 Å². The molecule has 0 saturated heterocycles. The third-order valence-electron chi connectivity index (χ3n) is 1.93. The Balaban J connectivity index is 2.23. The first-order chi connectivity index (χ1) is 7.22. The number of esters is 1. The molecule has 0 N–H and O–H groups in total. The smallest absolute Gasteiger partial charge is 0.330 e. The molecule has 0 bridgehead atoms. The van der Waals surface area contributed by atoms with Gasteiger partial charge in [0.2, 0.25) is 0 Å². The van der Waals surface area contributed by atoms with E-state index in [1.165, 1.54) is 11.6 Å². The first-order valence-corrected chi connectivity index (χ1v) is 5.55. The molecule has 3 heteroatoms. The van der Waals surface area contributed by atoms with Crippen molar-refractivity contribution < 1.29 is 9.53 Å². The van der Waals surface area contributed by atoms with E-state index < -0.39 is 0 Å². The minimum absolute atomic E-state index is 0.356. The number of benzene rings is 1. The van der Waals surface area contributed by atoms with Crippen LogP contribution in [-0.4, -0.2) is 12.6 Å². The van der Waals surface area contributed by atoms with Gasteiger partial charge in [0.1, 0.15) is 0 Å². The fourth-order valence-corrected chi connectivity index (χ4v) is 1.42. The normalized spacial score (nSPS) is 9.67. The molecular weight excluding hydrogens is 256 g/mol. The highest BCUT2D eigenvalue weighted by molar-refractivity contribution is 9.10. The monoisotopic (exact) mass is 268 g/mol. The summed E-state index contributed by atoms with van der Waals surface area (Å²) < 4.78 is 5.94. The first-order valence-electron chi connectivity index (χ1n) is 4.76. The zero-order valence-corrected chi connectivity index (χ0v) is 10.00. The van der Waals surface area contributed by atoms with Crippen LogP contribution >= 0.6 is 15.9 Å². The molecule has 0 aliphatic carbocycles. The van der Waals surface area contributed by atoms with Crippen molar-refractivity contribution in [3.05, 3.63) is 47.0 Å². The highest BCUT2D eigenvalue weighted by atomic mass is 79.9. The molecule has 0 aliphatic heterocycles. The van der Waals surface area contributed by atoms with Crippen molar-refractivity contribution in [1.82, 2.24) is 0 Å². The Morgan fingerprint density at radius 1 is 1.40 bits per heavy atom. The number of carbonyl (C=O) groups excluding carboxylic acids is 1. The Morgan fingerprint density at radius 3 is 2.67 bits per heavy atom. The first kappa shape index (κ1) is 12.0. The molecule has 0 atom stereocenters. The van der Waals surface area contributed by atoms with Crippen LogP contribution < -0.4 is 0 Å². The Morgan fingerprint density at radius 2 is 2.07 bits per heavy atom. The van der Waals surface area contributed by atoms with Gasteiger partial charge in [-0.15, -0.1) is 0 Å². The third kappa shape index (κ3) is 4.79. The van der Waals surface area contributed by atoms with Crippen LogP contribution in [0.5, 0.6) is 0 Å². The maximum absolute atomic E-state index is 10.7. The van der Waals surface area contributed by atoms with E-state index in [1.54, 1.807) is 0 Å². The number of hydrogen-bond donors (Lipinski definition) is 0. The van der Waals surface area contributed by atoms with Crippen LogP contribution in [0.2, 0.25) is 0 Å². The van der Waals surface area contributed by atoms with Crippen LogP contribution in [0.4, 0.5) is 0 Å². The van der Waals surface area contributed by atoms with Crippen molar-refractivity contribution in [3.63, 3.8) is 0 Å². The third-order valence-corrected chi connectivity index (χ3v) is 2.46. The molecule has 0 aromatic heterocycles. The lowest BCUT2D eigenvalue weighted by molar-refractivity contribution is -0.137. The van der Waals surface area contributed by atoms with E-state index in [0.29, 0.717) is 6.61 Å².